The Hall–Kier alpha value is -2.31. The third-order valence-corrected chi connectivity index (χ3v) is 4.15. The molecule has 0 saturated carbocycles. The van der Waals surface area contributed by atoms with Crippen molar-refractivity contribution in [3.05, 3.63) is 53.5 Å². The van der Waals surface area contributed by atoms with Gasteiger partial charge in [0.25, 0.3) is 0 Å². The van der Waals surface area contributed by atoms with E-state index >= 15 is 0 Å². The monoisotopic (exact) mass is 331 g/mol. The van der Waals surface area contributed by atoms with Crippen LogP contribution in [0.25, 0.3) is 0 Å². The molecule has 1 aliphatic rings. The van der Waals surface area contributed by atoms with Crippen LogP contribution in [-0.4, -0.2) is 42.3 Å². The Morgan fingerprint density at radius 2 is 2.08 bits per heavy atom. The first-order valence-corrected chi connectivity index (χ1v) is 7.93. The number of likely N-dealkylation sites (tertiary alicyclic amines) is 1. The van der Waals surface area contributed by atoms with E-state index in [9.17, 15) is 4.79 Å². The number of nitrogens with zero attached hydrogens (tertiary/aromatic N) is 1. The third-order valence-electron chi connectivity index (χ3n) is 4.15. The van der Waals surface area contributed by atoms with Gasteiger partial charge in [0.2, 0.25) is 5.76 Å². The van der Waals surface area contributed by atoms with E-state index in [0.29, 0.717) is 11.9 Å². The number of ether oxygens (including phenoxy) is 2. The van der Waals surface area contributed by atoms with E-state index in [1.165, 1.54) is 11.6 Å². The summed E-state index contributed by atoms with van der Waals surface area (Å²) in [5, 5.41) is 8.82. The van der Waals surface area contributed by atoms with E-state index in [2.05, 4.69) is 4.90 Å². The molecule has 24 heavy (non-hydrogen) atoms. The van der Waals surface area contributed by atoms with Gasteiger partial charge < -0.3 is 19.0 Å². The molecule has 6 nitrogen and oxygen atoms in total. The second-order valence-corrected chi connectivity index (χ2v) is 5.89. The van der Waals surface area contributed by atoms with Gasteiger partial charge in [-0.2, -0.15) is 0 Å². The number of methoxy groups -OCH3 is 1. The molecule has 128 valence electrons. The van der Waals surface area contributed by atoms with Gasteiger partial charge in [0.15, 0.2) is 0 Å². The van der Waals surface area contributed by atoms with E-state index in [4.69, 9.17) is 19.0 Å². The zero-order valence-electron chi connectivity index (χ0n) is 13.6. The van der Waals surface area contributed by atoms with Crippen molar-refractivity contribution in [3.63, 3.8) is 0 Å². The number of aromatic carboxylic acids is 1. The van der Waals surface area contributed by atoms with Crippen molar-refractivity contribution in [3.8, 4) is 5.75 Å². The summed E-state index contributed by atoms with van der Waals surface area (Å²) in [6.07, 6.45) is 1.43. The molecule has 0 spiro atoms. The number of benzene rings is 1. The quantitative estimate of drug-likeness (QED) is 0.841. The van der Waals surface area contributed by atoms with Crippen molar-refractivity contribution in [1.82, 2.24) is 4.90 Å². The standard InChI is InChI=1S/C18H21NO5/c1-22-15-8-9-19(11-15)10-13-2-4-14(5-3-13)23-12-16-6-7-17(24-16)18(20)21/h2-7,15H,8-12H2,1H3,(H,20,21)/t15-/m1/s1. The number of carboxylic acid groups (broad SMARTS) is 1. The zero-order valence-corrected chi connectivity index (χ0v) is 13.6. The highest BCUT2D eigenvalue weighted by Gasteiger charge is 2.21. The number of rotatable bonds is 7. The predicted molar refractivity (Wildman–Crippen MR) is 87.1 cm³/mol. The second-order valence-electron chi connectivity index (χ2n) is 5.89. The number of hydrogen-bond donors (Lipinski definition) is 1. The van der Waals surface area contributed by atoms with E-state index < -0.39 is 5.97 Å². The minimum absolute atomic E-state index is 0.0797. The lowest BCUT2D eigenvalue weighted by Crippen LogP contribution is -2.22. The maximum absolute atomic E-state index is 10.8. The molecule has 1 aliphatic heterocycles. The van der Waals surface area contributed by atoms with Crippen molar-refractivity contribution in [2.75, 3.05) is 20.2 Å². The highest BCUT2D eigenvalue weighted by atomic mass is 16.5. The number of carboxylic acids is 1. The molecule has 2 aromatic rings. The Kier molecular flexibility index (Phi) is 5.17. The Morgan fingerprint density at radius 3 is 2.71 bits per heavy atom. The van der Waals surface area contributed by atoms with Gasteiger partial charge in [-0.15, -0.1) is 0 Å². The molecule has 2 heterocycles. The SMILES string of the molecule is CO[C@@H]1CCN(Cc2ccc(OCc3ccc(C(=O)O)o3)cc2)C1. The van der Waals surface area contributed by atoms with E-state index in [1.54, 1.807) is 13.2 Å². The normalized spacial score (nSPS) is 18.0. The van der Waals surface area contributed by atoms with Gasteiger partial charge in [0.1, 0.15) is 18.1 Å². The molecular formula is C18H21NO5. The van der Waals surface area contributed by atoms with Gasteiger partial charge in [0, 0.05) is 26.7 Å². The fraction of sp³-hybridized carbons (Fsp3) is 0.389. The van der Waals surface area contributed by atoms with Gasteiger partial charge in [-0.3, -0.25) is 4.90 Å². The average molecular weight is 331 g/mol. The molecule has 0 amide bonds. The molecule has 1 fully saturated rings. The lowest BCUT2D eigenvalue weighted by molar-refractivity contribution is 0.0658. The molecule has 1 saturated heterocycles. The van der Waals surface area contributed by atoms with Crippen LogP contribution in [-0.2, 0) is 17.9 Å². The van der Waals surface area contributed by atoms with Gasteiger partial charge in [-0.25, -0.2) is 4.79 Å². The highest BCUT2D eigenvalue weighted by molar-refractivity contribution is 5.84. The Bertz CT molecular complexity index is 679. The van der Waals surface area contributed by atoms with Gasteiger partial charge >= 0.3 is 5.97 Å². The van der Waals surface area contributed by atoms with Crippen LogP contribution in [0.2, 0.25) is 0 Å². The molecule has 0 radical (unpaired) electrons. The molecule has 1 N–H and O–H groups in total. The van der Waals surface area contributed by atoms with Crippen LogP contribution in [0.1, 0.15) is 28.3 Å². The lowest BCUT2D eigenvalue weighted by atomic mass is 10.2. The van der Waals surface area contributed by atoms with Crippen LogP contribution in [0.5, 0.6) is 5.75 Å². The molecule has 0 aliphatic carbocycles. The van der Waals surface area contributed by atoms with Crippen molar-refractivity contribution in [1.29, 1.82) is 0 Å². The topological polar surface area (TPSA) is 72.1 Å². The largest absolute Gasteiger partial charge is 0.486 e. The summed E-state index contributed by atoms with van der Waals surface area (Å²) in [6.45, 7) is 3.13. The van der Waals surface area contributed by atoms with Crippen LogP contribution in [0.3, 0.4) is 0 Å². The number of furan rings is 1. The van der Waals surface area contributed by atoms with Crippen LogP contribution in [0.15, 0.2) is 40.8 Å². The first-order valence-electron chi connectivity index (χ1n) is 7.93. The van der Waals surface area contributed by atoms with E-state index in [-0.39, 0.29) is 12.4 Å². The second kappa shape index (κ2) is 7.51. The summed E-state index contributed by atoms with van der Waals surface area (Å²) in [5.74, 6) is 0.0505. The van der Waals surface area contributed by atoms with Crippen LogP contribution in [0, 0.1) is 0 Å². The van der Waals surface area contributed by atoms with Crippen molar-refractivity contribution in [2.24, 2.45) is 0 Å². The Balaban J connectivity index is 1.50. The summed E-state index contributed by atoms with van der Waals surface area (Å²) in [5.41, 5.74) is 1.23. The fourth-order valence-electron chi connectivity index (χ4n) is 2.81. The molecular weight excluding hydrogens is 310 g/mol. The van der Waals surface area contributed by atoms with Gasteiger partial charge in [-0.05, 0) is 36.2 Å². The molecule has 3 rings (SSSR count). The molecule has 1 aromatic heterocycles. The fourth-order valence-corrected chi connectivity index (χ4v) is 2.81. The van der Waals surface area contributed by atoms with Crippen molar-refractivity contribution in [2.45, 2.75) is 25.7 Å². The predicted octanol–water partition coefficient (Wildman–Crippen LogP) is 2.78. The maximum Gasteiger partial charge on any atom is 0.371 e. The molecule has 1 atom stereocenters. The molecule has 0 unspecified atom stereocenters. The van der Waals surface area contributed by atoms with Crippen LogP contribution >= 0.6 is 0 Å². The smallest absolute Gasteiger partial charge is 0.371 e. The number of carbonyl (C=O) groups is 1. The average Bonchev–Trinajstić information content (AvgIpc) is 3.23. The van der Waals surface area contributed by atoms with Gasteiger partial charge in [-0.1, -0.05) is 12.1 Å². The summed E-state index contributed by atoms with van der Waals surface area (Å²) >= 11 is 0. The van der Waals surface area contributed by atoms with E-state index in [0.717, 1.165) is 31.8 Å². The van der Waals surface area contributed by atoms with Crippen LogP contribution in [0.4, 0.5) is 0 Å². The maximum atomic E-state index is 10.8. The molecule has 0 bridgehead atoms. The van der Waals surface area contributed by atoms with Crippen LogP contribution < -0.4 is 4.74 Å². The Morgan fingerprint density at radius 1 is 1.29 bits per heavy atom. The first-order chi connectivity index (χ1) is 11.6. The lowest BCUT2D eigenvalue weighted by Gasteiger charge is -2.15. The highest BCUT2D eigenvalue weighted by Crippen LogP contribution is 2.19. The number of hydrogen-bond acceptors (Lipinski definition) is 5. The van der Waals surface area contributed by atoms with Gasteiger partial charge in [0.05, 0.1) is 6.10 Å². The summed E-state index contributed by atoms with van der Waals surface area (Å²) in [6, 6.07) is 11.0. The third kappa shape index (κ3) is 4.15. The van der Waals surface area contributed by atoms with Crippen molar-refractivity contribution < 1.29 is 23.8 Å². The summed E-state index contributed by atoms with van der Waals surface area (Å²) in [4.78, 5) is 13.1. The first kappa shape index (κ1) is 16.5. The zero-order chi connectivity index (χ0) is 16.9. The van der Waals surface area contributed by atoms with E-state index in [1.807, 2.05) is 24.3 Å². The minimum atomic E-state index is -1.08. The molecule has 6 heteroatoms. The Labute approximate surface area is 140 Å². The van der Waals surface area contributed by atoms with Crippen molar-refractivity contribution >= 4 is 5.97 Å². The molecule has 1 aromatic carbocycles. The minimum Gasteiger partial charge on any atom is -0.486 e. The summed E-state index contributed by atoms with van der Waals surface area (Å²) in [7, 11) is 1.76. The summed E-state index contributed by atoms with van der Waals surface area (Å²) < 4.78 is 16.2.